The van der Waals surface area contributed by atoms with Crippen LogP contribution >= 0.6 is 0 Å². The summed E-state index contributed by atoms with van der Waals surface area (Å²) in [7, 11) is 0. The molecule has 1 atom stereocenters. The van der Waals surface area contributed by atoms with Crippen molar-refractivity contribution in [2.24, 2.45) is 5.73 Å². The van der Waals surface area contributed by atoms with E-state index in [1.807, 2.05) is 6.07 Å². The van der Waals surface area contributed by atoms with Crippen molar-refractivity contribution >= 4 is 11.0 Å². The van der Waals surface area contributed by atoms with Gasteiger partial charge in [-0.25, -0.2) is 0 Å². The molecule has 0 saturated carbocycles. The Labute approximate surface area is 76.3 Å². The zero-order valence-electron chi connectivity index (χ0n) is 7.29. The van der Waals surface area contributed by atoms with Gasteiger partial charge in [-0.15, -0.1) is 0 Å². The first-order chi connectivity index (χ1) is 6.33. The van der Waals surface area contributed by atoms with Gasteiger partial charge in [0.25, 0.3) is 0 Å². The standard InChI is InChI=1S/C11H11NO/c12-10-4-8-3-7-1-2-13-11(7)6-9(8)5-10/h1-3,6,10H,4-5,12H2. The van der Waals surface area contributed by atoms with Gasteiger partial charge in [0.05, 0.1) is 6.26 Å². The molecular weight excluding hydrogens is 162 g/mol. The van der Waals surface area contributed by atoms with Crippen molar-refractivity contribution in [1.82, 2.24) is 0 Å². The summed E-state index contributed by atoms with van der Waals surface area (Å²) in [5.74, 6) is 0. The quantitative estimate of drug-likeness (QED) is 0.660. The fraction of sp³-hybridized carbons (Fsp3) is 0.273. The van der Waals surface area contributed by atoms with Crippen LogP contribution in [0, 0.1) is 0 Å². The minimum absolute atomic E-state index is 0.307. The van der Waals surface area contributed by atoms with Gasteiger partial charge in [-0.1, -0.05) is 0 Å². The molecule has 0 bridgehead atoms. The molecule has 0 radical (unpaired) electrons. The molecule has 0 spiro atoms. The number of hydrogen-bond acceptors (Lipinski definition) is 2. The van der Waals surface area contributed by atoms with Gasteiger partial charge in [0.2, 0.25) is 0 Å². The molecule has 0 amide bonds. The molecular formula is C11H11NO. The normalized spacial score (nSPS) is 20.8. The molecule has 1 aliphatic rings. The van der Waals surface area contributed by atoms with Gasteiger partial charge in [-0.05, 0) is 42.2 Å². The van der Waals surface area contributed by atoms with Crippen LogP contribution in [-0.2, 0) is 12.8 Å². The van der Waals surface area contributed by atoms with Gasteiger partial charge in [-0.3, -0.25) is 0 Å². The summed E-state index contributed by atoms with van der Waals surface area (Å²) in [6.07, 6.45) is 3.74. The molecule has 2 heteroatoms. The highest BCUT2D eigenvalue weighted by Crippen LogP contribution is 2.27. The SMILES string of the molecule is NC1Cc2cc3ccoc3cc2C1. The molecule has 0 saturated heterocycles. The Bertz CT molecular complexity index is 418. The lowest BCUT2D eigenvalue weighted by Gasteiger charge is -1.96. The maximum Gasteiger partial charge on any atom is 0.134 e. The molecule has 1 aromatic heterocycles. The van der Waals surface area contributed by atoms with Crippen molar-refractivity contribution in [3.05, 3.63) is 35.6 Å². The van der Waals surface area contributed by atoms with Crippen LogP contribution in [0.2, 0.25) is 0 Å². The van der Waals surface area contributed by atoms with E-state index < -0.39 is 0 Å². The minimum atomic E-state index is 0.307. The van der Waals surface area contributed by atoms with Gasteiger partial charge in [-0.2, -0.15) is 0 Å². The van der Waals surface area contributed by atoms with Gasteiger partial charge < -0.3 is 10.2 Å². The lowest BCUT2D eigenvalue weighted by molar-refractivity contribution is 0.615. The highest BCUT2D eigenvalue weighted by Gasteiger charge is 2.18. The molecule has 0 fully saturated rings. The van der Waals surface area contributed by atoms with Crippen LogP contribution in [0.4, 0.5) is 0 Å². The van der Waals surface area contributed by atoms with Gasteiger partial charge >= 0.3 is 0 Å². The highest BCUT2D eigenvalue weighted by atomic mass is 16.3. The first-order valence-corrected chi connectivity index (χ1v) is 4.57. The van der Waals surface area contributed by atoms with Crippen LogP contribution in [0.1, 0.15) is 11.1 Å². The van der Waals surface area contributed by atoms with Crippen molar-refractivity contribution in [1.29, 1.82) is 0 Å². The smallest absolute Gasteiger partial charge is 0.134 e. The Hall–Kier alpha value is -1.28. The third kappa shape index (κ3) is 0.988. The minimum Gasteiger partial charge on any atom is -0.464 e. The van der Waals surface area contributed by atoms with Crippen LogP contribution in [0.25, 0.3) is 11.0 Å². The molecule has 0 aliphatic heterocycles. The van der Waals surface area contributed by atoms with Crippen LogP contribution in [0.3, 0.4) is 0 Å². The molecule has 1 unspecified atom stereocenters. The van der Waals surface area contributed by atoms with E-state index in [9.17, 15) is 0 Å². The predicted molar refractivity (Wildman–Crippen MR) is 51.6 cm³/mol. The monoisotopic (exact) mass is 173 g/mol. The Morgan fingerprint density at radius 3 is 2.85 bits per heavy atom. The van der Waals surface area contributed by atoms with Gasteiger partial charge in [0, 0.05) is 11.4 Å². The van der Waals surface area contributed by atoms with Crippen LogP contribution in [0.15, 0.2) is 28.9 Å². The van der Waals surface area contributed by atoms with Crippen molar-refractivity contribution < 1.29 is 4.42 Å². The summed E-state index contributed by atoms with van der Waals surface area (Å²) in [6, 6.07) is 6.62. The summed E-state index contributed by atoms with van der Waals surface area (Å²) in [6.45, 7) is 0. The van der Waals surface area contributed by atoms with Gasteiger partial charge in [0.1, 0.15) is 5.58 Å². The van der Waals surface area contributed by atoms with Crippen LogP contribution < -0.4 is 5.73 Å². The molecule has 1 aliphatic carbocycles. The summed E-state index contributed by atoms with van der Waals surface area (Å²) in [4.78, 5) is 0. The number of rotatable bonds is 0. The Morgan fingerprint density at radius 1 is 1.23 bits per heavy atom. The molecule has 66 valence electrons. The maximum atomic E-state index is 5.89. The van der Waals surface area contributed by atoms with E-state index in [1.54, 1.807) is 6.26 Å². The first-order valence-electron chi connectivity index (χ1n) is 4.57. The highest BCUT2D eigenvalue weighted by molar-refractivity contribution is 5.79. The van der Waals surface area contributed by atoms with Crippen molar-refractivity contribution in [2.45, 2.75) is 18.9 Å². The Balaban J connectivity index is 2.27. The van der Waals surface area contributed by atoms with E-state index in [0.717, 1.165) is 18.4 Å². The molecule has 2 N–H and O–H groups in total. The van der Waals surface area contributed by atoms with Gasteiger partial charge in [0.15, 0.2) is 0 Å². The first kappa shape index (κ1) is 7.15. The van der Waals surface area contributed by atoms with E-state index in [2.05, 4.69) is 12.1 Å². The summed E-state index contributed by atoms with van der Waals surface area (Å²) in [5, 5.41) is 1.19. The number of fused-ring (bicyclic) bond motifs is 2. The van der Waals surface area contributed by atoms with E-state index in [4.69, 9.17) is 10.2 Å². The van der Waals surface area contributed by atoms with E-state index in [0.29, 0.717) is 6.04 Å². The molecule has 13 heavy (non-hydrogen) atoms. The second kappa shape index (κ2) is 2.36. The average Bonchev–Trinajstić information content (AvgIpc) is 2.63. The summed E-state index contributed by atoms with van der Waals surface area (Å²) in [5.41, 5.74) is 9.61. The van der Waals surface area contributed by atoms with Crippen molar-refractivity contribution in [2.75, 3.05) is 0 Å². The molecule has 3 rings (SSSR count). The fourth-order valence-electron chi connectivity index (χ4n) is 2.12. The van der Waals surface area contributed by atoms with Crippen LogP contribution in [0.5, 0.6) is 0 Å². The molecule has 2 aromatic rings. The third-order valence-corrected chi connectivity index (χ3v) is 2.74. The third-order valence-electron chi connectivity index (χ3n) is 2.74. The summed E-state index contributed by atoms with van der Waals surface area (Å²) >= 11 is 0. The van der Waals surface area contributed by atoms with E-state index in [1.165, 1.54) is 16.5 Å². The van der Waals surface area contributed by atoms with E-state index in [-0.39, 0.29) is 0 Å². The van der Waals surface area contributed by atoms with Crippen LogP contribution in [-0.4, -0.2) is 6.04 Å². The topological polar surface area (TPSA) is 39.2 Å². The lowest BCUT2D eigenvalue weighted by Crippen LogP contribution is -2.18. The number of nitrogens with two attached hydrogens (primary N) is 1. The molecule has 1 heterocycles. The zero-order valence-corrected chi connectivity index (χ0v) is 7.29. The fourth-order valence-corrected chi connectivity index (χ4v) is 2.12. The average molecular weight is 173 g/mol. The van der Waals surface area contributed by atoms with Crippen molar-refractivity contribution in [3.63, 3.8) is 0 Å². The van der Waals surface area contributed by atoms with E-state index >= 15 is 0 Å². The second-order valence-corrected chi connectivity index (χ2v) is 3.75. The molecule has 2 nitrogen and oxygen atoms in total. The zero-order chi connectivity index (χ0) is 8.84. The second-order valence-electron chi connectivity index (χ2n) is 3.75. The number of hydrogen-bond donors (Lipinski definition) is 1. The maximum absolute atomic E-state index is 5.89. The lowest BCUT2D eigenvalue weighted by atomic mass is 10.1. The largest absolute Gasteiger partial charge is 0.464 e. The Kier molecular flexibility index (Phi) is 1.30. The predicted octanol–water partition coefficient (Wildman–Crippen LogP) is 1.86. The Morgan fingerprint density at radius 2 is 2.00 bits per heavy atom. The number of furan rings is 1. The number of benzene rings is 1. The molecule has 1 aromatic carbocycles. The van der Waals surface area contributed by atoms with Crippen molar-refractivity contribution in [3.8, 4) is 0 Å². The summed E-state index contributed by atoms with van der Waals surface area (Å²) < 4.78 is 5.34.